The molecule has 1 aliphatic rings. The summed E-state index contributed by atoms with van der Waals surface area (Å²) in [5, 5.41) is 3.88. The molecule has 0 fully saturated rings. The zero-order valence-electron chi connectivity index (χ0n) is 25.6. The van der Waals surface area contributed by atoms with Crippen LogP contribution in [0.3, 0.4) is 0 Å². The van der Waals surface area contributed by atoms with E-state index in [1.807, 2.05) is 0 Å². The van der Waals surface area contributed by atoms with Gasteiger partial charge in [0.25, 0.3) is 11.5 Å². The minimum Gasteiger partial charge on any atom is -0.493 e. The normalized spacial score (nSPS) is 14.2. The van der Waals surface area contributed by atoms with E-state index in [4.69, 9.17) is 9.47 Å². The number of aromatic nitrogens is 2. The van der Waals surface area contributed by atoms with E-state index in [1.54, 1.807) is 38.3 Å². The van der Waals surface area contributed by atoms with Gasteiger partial charge in [0, 0.05) is 25.1 Å². The van der Waals surface area contributed by atoms with E-state index in [1.165, 1.54) is 4.57 Å². The Morgan fingerprint density at radius 1 is 1.15 bits per heavy atom. The zero-order valence-corrected chi connectivity index (χ0v) is 25.6. The predicted octanol–water partition coefficient (Wildman–Crippen LogP) is 5.07. The van der Waals surface area contributed by atoms with Gasteiger partial charge in [-0.05, 0) is 44.2 Å². The highest BCUT2D eigenvalue weighted by atomic mass is 19.4. The summed E-state index contributed by atoms with van der Waals surface area (Å²) in [6.45, 7) is 4.87. The van der Waals surface area contributed by atoms with Crippen LogP contribution >= 0.6 is 0 Å². The van der Waals surface area contributed by atoms with Crippen molar-refractivity contribution < 1.29 is 45.4 Å². The van der Waals surface area contributed by atoms with Gasteiger partial charge in [0.2, 0.25) is 0 Å². The third-order valence-corrected chi connectivity index (χ3v) is 7.87. The number of nitrogens with one attached hydrogen (secondary N) is 2. The molecule has 1 aromatic heterocycles. The molecule has 0 aliphatic carbocycles. The molecule has 1 amide bonds. The first-order chi connectivity index (χ1) is 21.6. The topological polar surface area (TPSA) is 112 Å². The number of amides is 1. The minimum atomic E-state index is -4.84. The first kappa shape index (κ1) is 34.3. The van der Waals surface area contributed by atoms with Gasteiger partial charge in [-0.1, -0.05) is 19.1 Å². The fourth-order valence-corrected chi connectivity index (χ4v) is 5.37. The van der Waals surface area contributed by atoms with Gasteiger partial charge in [0.15, 0.2) is 11.6 Å². The standard InChI is InChI=1S/C31H32F6N4O5/c1-6-22(31(35,36)37)39-20-13-19(32)24(26(34)25(20)33)28(42)40-21(30(44)45-5)12-16-9-10-18(27-17(16)8-7-11-46-27)23-14(2)38-15(3)41(4)29(23)43/h9-10,13,21-22,39H,6-8,11-12H2,1-5H3,(H,40,42)/t21-,22+/m0/s1. The monoisotopic (exact) mass is 654 g/mol. The van der Waals surface area contributed by atoms with Gasteiger partial charge in [-0.15, -0.1) is 0 Å². The lowest BCUT2D eigenvalue weighted by Gasteiger charge is -2.26. The van der Waals surface area contributed by atoms with Crippen molar-refractivity contribution in [3.05, 3.63) is 74.2 Å². The number of carbonyl (C=O) groups excluding carboxylic acids is 2. The number of esters is 1. The average Bonchev–Trinajstić information content (AvgIpc) is 3.00. The summed E-state index contributed by atoms with van der Waals surface area (Å²) in [4.78, 5) is 43.4. The molecule has 4 rings (SSSR count). The number of hydrogen-bond donors (Lipinski definition) is 2. The van der Waals surface area contributed by atoms with Gasteiger partial charge >= 0.3 is 12.1 Å². The molecule has 46 heavy (non-hydrogen) atoms. The molecule has 0 saturated heterocycles. The number of methoxy groups -OCH3 is 1. The van der Waals surface area contributed by atoms with Gasteiger partial charge in [0.05, 0.1) is 30.7 Å². The first-order valence-corrected chi connectivity index (χ1v) is 14.3. The van der Waals surface area contributed by atoms with E-state index in [-0.39, 0.29) is 18.0 Å². The van der Waals surface area contributed by atoms with Crippen molar-refractivity contribution in [2.24, 2.45) is 7.05 Å². The molecule has 2 heterocycles. The van der Waals surface area contributed by atoms with Crippen molar-refractivity contribution in [2.75, 3.05) is 19.0 Å². The Morgan fingerprint density at radius 2 is 1.85 bits per heavy atom. The van der Waals surface area contributed by atoms with Crippen LogP contribution in [-0.4, -0.2) is 53.4 Å². The van der Waals surface area contributed by atoms with E-state index in [2.05, 4.69) is 10.3 Å². The van der Waals surface area contributed by atoms with Crippen LogP contribution < -0.4 is 20.9 Å². The second-order valence-electron chi connectivity index (χ2n) is 10.8. The summed E-state index contributed by atoms with van der Waals surface area (Å²) >= 11 is 0. The van der Waals surface area contributed by atoms with Crippen LogP contribution in [0.25, 0.3) is 11.1 Å². The summed E-state index contributed by atoms with van der Waals surface area (Å²) in [5.74, 6) is -7.23. The number of hydrogen-bond acceptors (Lipinski definition) is 7. The van der Waals surface area contributed by atoms with E-state index in [0.717, 1.165) is 14.0 Å². The highest BCUT2D eigenvalue weighted by molar-refractivity contribution is 5.97. The van der Waals surface area contributed by atoms with Crippen LogP contribution in [-0.2, 0) is 29.4 Å². The van der Waals surface area contributed by atoms with Gasteiger partial charge in [-0.3, -0.25) is 14.2 Å². The number of nitrogens with zero attached hydrogens (tertiary/aromatic N) is 2. The van der Waals surface area contributed by atoms with Gasteiger partial charge in [0.1, 0.15) is 35.0 Å². The molecule has 2 aromatic carbocycles. The maximum atomic E-state index is 15.0. The second kappa shape index (κ2) is 13.4. The van der Waals surface area contributed by atoms with Crippen molar-refractivity contribution in [3.63, 3.8) is 0 Å². The summed E-state index contributed by atoms with van der Waals surface area (Å²) in [6, 6.07) is -0.357. The summed E-state index contributed by atoms with van der Waals surface area (Å²) in [5.41, 5.74) is -0.456. The number of fused-ring (bicyclic) bond motifs is 1. The lowest BCUT2D eigenvalue weighted by atomic mass is 9.90. The van der Waals surface area contributed by atoms with Crippen LogP contribution in [0.1, 0.15) is 52.8 Å². The largest absolute Gasteiger partial charge is 0.493 e. The third kappa shape index (κ3) is 6.67. The van der Waals surface area contributed by atoms with Crippen LogP contribution in [0.5, 0.6) is 5.75 Å². The molecule has 0 radical (unpaired) electrons. The molecule has 0 bridgehead atoms. The Balaban J connectivity index is 1.68. The molecular weight excluding hydrogens is 622 g/mol. The van der Waals surface area contributed by atoms with Crippen molar-refractivity contribution in [1.29, 1.82) is 0 Å². The number of benzene rings is 2. The molecule has 2 atom stereocenters. The van der Waals surface area contributed by atoms with Crippen molar-refractivity contribution >= 4 is 17.6 Å². The Morgan fingerprint density at radius 3 is 2.48 bits per heavy atom. The quantitative estimate of drug-likeness (QED) is 0.188. The lowest BCUT2D eigenvalue weighted by molar-refractivity contribution is -0.143. The molecule has 0 spiro atoms. The van der Waals surface area contributed by atoms with Crippen LogP contribution in [0.15, 0.2) is 23.0 Å². The van der Waals surface area contributed by atoms with E-state index in [9.17, 15) is 40.7 Å². The molecule has 1 aliphatic heterocycles. The maximum Gasteiger partial charge on any atom is 0.408 e. The van der Waals surface area contributed by atoms with Crippen molar-refractivity contribution in [2.45, 2.75) is 64.7 Å². The number of alkyl halides is 3. The smallest absolute Gasteiger partial charge is 0.408 e. The van der Waals surface area contributed by atoms with Crippen LogP contribution in [0.4, 0.5) is 32.0 Å². The summed E-state index contributed by atoms with van der Waals surface area (Å²) in [7, 11) is 2.61. The fraction of sp³-hybridized carbons (Fsp3) is 0.419. The number of aryl methyl sites for hydroxylation is 2. The van der Waals surface area contributed by atoms with Crippen molar-refractivity contribution in [1.82, 2.24) is 14.9 Å². The Kier molecular flexibility index (Phi) is 10.0. The number of anilines is 1. The van der Waals surface area contributed by atoms with Gasteiger partial charge < -0.3 is 20.1 Å². The highest BCUT2D eigenvalue weighted by Crippen LogP contribution is 2.39. The fourth-order valence-electron chi connectivity index (χ4n) is 5.37. The molecule has 2 N–H and O–H groups in total. The van der Waals surface area contributed by atoms with Crippen molar-refractivity contribution in [3.8, 4) is 16.9 Å². The van der Waals surface area contributed by atoms with E-state index < -0.39 is 65.3 Å². The number of ether oxygens (including phenoxy) is 2. The number of halogens is 6. The number of rotatable bonds is 9. The van der Waals surface area contributed by atoms with Gasteiger partial charge in [-0.25, -0.2) is 22.9 Å². The number of carbonyl (C=O) groups is 2. The molecule has 0 saturated carbocycles. The predicted molar refractivity (Wildman–Crippen MR) is 155 cm³/mol. The molecule has 248 valence electrons. The Labute approximate surface area is 259 Å². The highest BCUT2D eigenvalue weighted by Gasteiger charge is 2.39. The second-order valence-corrected chi connectivity index (χ2v) is 10.8. The summed E-state index contributed by atoms with van der Waals surface area (Å²) in [6.07, 6.45) is -4.60. The van der Waals surface area contributed by atoms with E-state index in [0.29, 0.717) is 59.0 Å². The molecule has 9 nitrogen and oxygen atoms in total. The zero-order chi connectivity index (χ0) is 34.1. The van der Waals surface area contributed by atoms with Gasteiger partial charge in [-0.2, -0.15) is 13.2 Å². The Bertz CT molecular complexity index is 1740. The maximum absolute atomic E-state index is 15.0. The summed E-state index contributed by atoms with van der Waals surface area (Å²) < 4.78 is 96.3. The minimum absolute atomic E-state index is 0.244. The Hall–Kier alpha value is -4.56. The molecule has 15 heteroatoms. The molecular formula is C31H32F6N4O5. The van der Waals surface area contributed by atoms with Crippen LogP contribution in [0, 0.1) is 31.3 Å². The van der Waals surface area contributed by atoms with E-state index >= 15 is 0 Å². The van der Waals surface area contributed by atoms with Crippen LogP contribution in [0.2, 0.25) is 0 Å². The molecule has 3 aromatic rings. The first-order valence-electron chi connectivity index (χ1n) is 14.3. The average molecular weight is 655 g/mol. The lowest BCUT2D eigenvalue weighted by Crippen LogP contribution is -2.44. The SMILES string of the molecule is CC[C@@H](Nc1cc(F)c(C(=O)N[C@@H](Cc2ccc(-c3c(C)nc(C)n(C)c3=O)c3c2CCCO3)C(=O)OC)c(F)c1F)C(F)(F)F. The molecule has 0 unspecified atom stereocenters. The third-order valence-electron chi connectivity index (χ3n) is 7.87.